The highest BCUT2D eigenvalue weighted by Gasteiger charge is 2.23. The molecule has 1 saturated heterocycles. The summed E-state index contributed by atoms with van der Waals surface area (Å²) in [5, 5.41) is 9.37. The first-order valence-corrected chi connectivity index (χ1v) is 9.34. The largest absolute Gasteiger partial charge is 0.380 e. The van der Waals surface area contributed by atoms with Crippen LogP contribution in [0.15, 0.2) is 29.3 Å². The normalized spacial score (nSPS) is 16.5. The van der Waals surface area contributed by atoms with Crippen LogP contribution in [0.2, 0.25) is 0 Å². The summed E-state index contributed by atoms with van der Waals surface area (Å²) in [4.78, 5) is 16.7. The summed E-state index contributed by atoms with van der Waals surface area (Å²) in [7, 11) is 0. The molecule has 27 heavy (non-hydrogen) atoms. The lowest BCUT2D eigenvalue weighted by Gasteiger charge is -2.12. The van der Waals surface area contributed by atoms with E-state index >= 15 is 0 Å². The molecule has 1 aromatic rings. The first-order chi connectivity index (χ1) is 12.7. The van der Waals surface area contributed by atoms with Crippen molar-refractivity contribution < 1.29 is 14.3 Å². The number of carbonyl (C=O) groups is 1. The number of amides is 1. The first kappa shape index (κ1) is 23.6. The zero-order valence-corrected chi connectivity index (χ0v) is 18.5. The molecule has 3 N–H and O–H groups in total. The van der Waals surface area contributed by atoms with Crippen molar-refractivity contribution in [3.63, 3.8) is 0 Å². The van der Waals surface area contributed by atoms with Crippen LogP contribution in [0, 0.1) is 0 Å². The number of nitrogens with zero attached hydrogens (tertiary/aromatic N) is 1. The van der Waals surface area contributed by atoms with Gasteiger partial charge in [-0.15, -0.1) is 24.0 Å². The third kappa shape index (κ3) is 8.89. The molecule has 1 aliphatic rings. The number of guanidine groups is 1. The van der Waals surface area contributed by atoms with E-state index in [9.17, 15) is 4.79 Å². The number of benzene rings is 1. The van der Waals surface area contributed by atoms with Gasteiger partial charge in [-0.25, -0.2) is 4.99 Å². The van der Waals surface area contributed by atoms with E-state index in [2.05, 4.69) is 20.9 Å². The zero-order valence-electron chi connectivity index (χ0n) is 16.1. The van der Waals surface area contributed by atoms with Crippen molar-refractivity contribution in [1.82, 2.24) is 10.6 Å². The number of aliphatic imine (C=N–C) groups is 1. The molecule has 0 aromatic heterocycles. The topological polar surface area (TPSA) is 84.0 Å². The smallest absolute Gasteiger partial charge is 0.253 e. The average Bonchev–Trinajstić information content (AvgIpc) is 3.18. The summed E-state index contributed by atoms with van der Waals surface area (Å²) in [6.45, 7) is 8.04. The number of anilines is 1. The summed E-state index contributed by atoms with van der Waals surface area (Å²) < 4.78 is 10.7. The van der Waals surface area contributed by atoms with Gasteiger partial charge in [0.15, 0.2) is 5.96 Å². The van der Waals surface area contributed by atoms with Crippen LogP contribution in [0.5, 0.6) is 0 Å². The Bertz CT molecular complexity index is 592. The predicted molar refractivity (Wildman–Crippen MR) is 119 cm³/mol. The van der Waals surface area contributed by atoms with Gasteiger partial charge in [0.25, 0.3) is 5.91 Å². The number of nitrogens with one attached hydrogen (secondary N) is 3. The summed E-state index contributed by atoms with van der Waals surface area (Å²) in [5.41, 5.74) is 1.80. The van der Waals surface area contributed by atoms with Crippen molar-refractivity contribution in [1.29, 1.82) is 0 Å². The molecule has 1 atom stereocenters. The monoisotopic (exact) mass is 490 g/mol. The van der Waals surface area contributed by atoms with Crippen LogP contribution in [0.1, 0.15) is 32.3 Å². The Morgan fingerprint density at radius 3 is 2.89 bits per heavy atom. The molecule has 1 heterocycles. The highest BCUT2D eigenvalue weighted by molar-refractivity contribution is 14.0. The van der Waals surface area contributed by atoms with Crippen molar-refractivity contribution in [2.45, 2.75) is 39.3 Å². The fraction of sp³-hybridized carbons (Fsp3) is 0.579. The average molecular weight is 490 g/mol. The van der Waals surface area contributed by atoms with Gasteiger partial charge in [0, 0.05) is 32.0 Å². The van der Waals surface area contributed by atoms with Gasteiger partial charge in [-0.05, 0) is 44.4 Å². The van der Waals surface area contributed by atoms with Crippen molar-refractivity contribution in [2.75, 3.05) is 38.2 Å². The number of rotatable bonds is 9. The maximum absolute atomic E-state index is 12.2. The fourth-order valence-electron chi connectivity index (χ4n) is 2.65. The van der Waals surface area contributed by atoms with E-state index in [4.69, 9.17) is 9.47 Å². The molecule has 2 rings (SSSR count). The van der Waals surface area contributed by atoms with Crippen LogP contribution in [-0.4, -0.2) is 50.9 Å². The number of halogens is 1. The minimum absolute atomic E-state index is 0. The molecular weight excluding hydrogens is 459 g/mol. The van der Waals surface area contributed by atoms with Gasteiger partial charge < -0.3 is 25.4 Å². The van der Waals surface area contributed by atoms with Crippen LogP contribution in [0.3, 0.4) is 0 Å². The summed E-state index contributed by atoms with van der Waals surface area (Å²) >= 11 is 0. The van der Waals surface area contributed by atoms with Crippen LogP contribution < -0.4 is 16.0 Å². The lowest BCUT2D eigenvalue weighted by molar-refractivity contribution is -0.124. The van der Waals surface area contributed by atoms with Crippen LogP contribution in [0.25, 0.3) is 0 Å². The Morgan fingerprint density at radius 2 is 2.19 bits per heavy atom. The van der Waals surface area contributed by atoms with Crippen molar-refractivity contribution in [2.24, 2.45) is 4.99 Å². The highest BCUT2D eigenvalue weighted by atomic mass is 127. The number of hydrogen-bond acceptors (Lipinski definition) is 4. The quantitative estimate of drug-likeness (QED) is 0.215. The van der Waals surface area contributed by atoms with Crippen LogP contribution in [0.4, 0.5) is 5.69 Å². The molecule has 0 spiro atoms. The molecule has 152 valence electrons. The van der Waals surface area contributed by atoms with Crippen molar-refractivity contribution in [3.8, 4) is 0 Å². The minimum Gasteiger partial charge on any atom is -0.380 e. The molecule has 1 fully saturated rings. The first-order valence-electron chi connectivity index (χ1n) is 9.34. The Labute approximate surface area is 178 Å². The van der Waals surface area contributed by atoms with E-state index in [0.717, 1.165) is 36.6 Å². The van der Waals surface area contributed by atoms with Gasteiger partial charge in [0.05, 0.1) is 13.2 Å². The van der Waals surface area contributed by atoms with Crippen molar-refractivity contribution in [3.05, 3.63) is 29.8 Å². The second-order valence-electron chi connectivity index (χ2n) is 6.01. The van der Waals surface area contributed by atoms with E-state index in [1.54, 1.807) is 0 Å². The standard InChI is InChI=1S/C19H30N4O3.HI/c1-3-20-19(21-10-12-25-4-2)22-14-15-7-5-8-16(13-15)23-18(24)17-9-6-11-26-17;/h5,7-8,13,17H,3-4,6,9-12,14H2,1-2H3,(H,23,24)(H2,20,21,22);1H. The minimum atomic E-state index is -0.327. The molecular formula is C19H31IN4O3. The van der Waals surface area contributed by atoms with E-state index in [0.29, 0.717) is 32.9 Å². The predicted octanol–water partition coefficient (Wildman–Crippen LogP) is 2.51. The maximum Gasteiger partial charge on any atom is 0.253 e. The molecule has 0 aliphatic carbocycles. The third-order valence-electron chi connectivity index (χ3n) is 3.92. The van der Waals surface area contributed by atoms with Crippen LogP contribution in [-0.2, 0) is 20.8 Å². The fourth-order valence-corrected chi connectivity index (χ4v) is 2.65. The molecule has 1 unspecified atom stereocenters. The SMILES string of the molecule is CCNC(=NCc1cccc(NC(=O)C2CCCO2)c1)NCCOCC.I. The molecule has 0 radical (unpaired) electrons. The van der Waals surface area contributed by atoms with Gasteiger partial charge >= 0.3 is 0 Å². The van der Waals surface area contributed by atoms with Gasteiger partial charge in [-0.2, -0.15) is 0 Å². The van der Waals surface area contributed by atoms with E-state index in [-0.39, 0.29) is 36.0 Å². The second-order valence-corrected chi connectivity index (χ2v) is 6.01. The Kier molecular flexibility index (Phi) is 12.0. The van der Waals surface area contributed by atoms with E-state index in [1.807, 2.05) is 38.1 Å². The number of hydrogen-bond donors (Lipinski definition) is 3. The van der Waals surface area contributed by atoms with Gasteiger partial charge in [0.1, 0.15) is 6.10 Å². The lowest BCUT2D eigenvalue weighted by Crippen LogP contribution is -2.39. The number of ether oxygens (including phenoxy) is 2. The van der Waals surface area contributed by atoms with E-state index < -0.39 is 0 Å². The molecule has 1 aliphatic heterocycles. The van der Waals surface area contributed by atoms with Gasteiger partial charge in [0.2, 0.25) is 0 Å². The zero-order chi connectivity index (χ0) is 18.6. The molecule has 7 nitrogen and oxygen atoms in total. The lowest BCUT2D eigenvalue weighted by atomic mass is 10.2. The summed E-state index contributed by atoms with van der Waals surface area (Å²) in [6, 6.07) is 7.74. The summed E-state index contributed by atoms with van der Waals surface area (Å²) in [5.74, 6) is 0.676. The van der Waals surface area contributed by atoms with Gasteiger partial charge in [-0.3, -0.25) is 4.79 Å². The molecule has 0 bridgehead atoms. The van der Waals surface area contributed by atoms with E-state index in [1.165, 1.54) is 0 Å². The maximum atomic E-state index is 12.2. The number of carbonyl (C=O) groups excluding carboxylic acids is 1. The highest BCUT2D eigenvalue weighted by Crippen LogP contribution is 2.16. The Balaban J connectivity index is 0.00000364. The Morgan fingerprint density at radius 1 is 1.33 bits per heavy atom. The molecule has 8 heteroatoms. The Hall–Kier alpha value is -1.39. The molecule has 0 saturated carbocycles. The third-order valence-corrected chi connectivity index (χ3v) is 3.92. The molecule has 1 aromatic carbocycles. The van der Waals surface area contributed by atoms with Gasteiger partial charge in [-0.1, -0.05) is 12.1 Å². The van der Waals surface area contributed by atoms with Crippen molar-refractivity contribution >= 4 is 41.5 Å². The van der Waals surface area contributed by atoms with Crippen LogP contribution >= 0.6 is 24.0 Å². The molecule has 1 amide bonds. The second kappa shape index (κ2) is 13.7. The summed E-state index contributed by atoms with van der Waals surface area (Å²) in [6.07, 6.45) is 1.40.